The number of hydrogen-bond donors (Lipinski definition) is 1. The summed E-state index contributed by atoms with van der Waals surface area (Å²) < 4.78 is 16.2. The molecular formula is C49H54O8. The fourth-order valence-electron chi connectivity index (χ4n) is 6.00. The van der Waals surface area contributed by atoms with Crippen LogP contribution in [0, 0.1) is 11.8 Å². The highest BCUT2D eigenvalue weighted by molar-refractivity contribution is 5.81. The van der Waals surface area contributed by atoms with Gasteiger partial charge in [-0.25, -0.2) is 0 Å². The summed E-state index contributed by atoms with van der Waals surface area (Å²) >= 11 is 0. The summed E-state index contributed by atoms with van der Waals surface area (Å²) in [5, 5.41) is 9.41. The van der Waals surface area contributed by atoms with Crippen LogP contribution in [0.4, 0.5) is 0 Å². The highest BCUT2D eigenvalue weighted by Gasteiger charge is 2.28. The Kier molecular flexibility index (Phi) is 15.9. The molecule has 1 N–H and O–H groups in total. The van der Waals surface area contributed by atoms with E-state index in [9.17, 15) is 24.3 Å². The summed E-state index contributed by atoms with van der Waals surface area (Å²) in [7, 11) is 0. The van der Waals surface area contributed by atoms with Crippen LogP contribution in [0.1, 0.15) is 71.1 Å². The minimum Gasteiger partial charge on any atom is -0.481 e. The van der Waals surface area contributed by atoms with Crippen LogP contribution in [0.2, 0.25) is 0 Å². The van der Waals surface area contributed by atoms with E-state index >= 15 is 0 Å². The van der Waals surface area contributed by atoms with Crippen molar-refractivity contribution in [3.8, 4) is 22.3 Å². The smallest absolute Gasteiger partial charge is 0.310 e. The van der Waals surface area contributed by atoms with E-state index in [0.717, 1.165) is 38.9 Å². The number of carbonyl (C=O) groups excluding carboxylic acids is 3. The molecule has 5 aromatic carbocycles. The molecule has 8 nitrogen and oxygen atoms in total. The predicted molar refractivity (Wildman–Crippen MR) is 223 cm³/mol. The Morgan fingerprint density at radius 3 is 1.21 bits per heavy atom. The van der Waals surface area contributed by atoms with Crippen molar-refractivity contribution >= 4 is 23.9 Å². The van der Waals surface area contributed by atoms with Gasteiger partial charge in [0.2, 0.25) is 0 Å². The van der Waals surface area contributed by atoms with Gasteiger partial charge in [-0.3, -0.25) is 19.2 Å². The zero-order valence-corrected chi connectivity index (χ0v) is 33.8. The molecule has 5 rings (SSSR count). The van der Waals surface area contributed by atoms with Gasteiger partial charge in [0.15, 0.2) is 0 Å². The monoisotopic (exact) mass is 770 g/mol. The fraction of sp³-hybridized carbons (Fsp3) is 0.306. The van der Waals surface area contributed by atoms with Crippen molar-refractivity contribution in [2.75, 3.05) is 0 Å². The lowest BCUT2D eigenvalue weighted by molar-refractivity contribution is -0.162. The van der Waals surface area contributed by atoms with E-state index in [1.807, 2.05) is 148 Å². The van der Waals surface area contributed by atoms with Crippen molar-refractivity contribution in [2.24, 2.45) is 11.8 Å². The van der Waals surface area contributed by atoms with E-state index in [4.69, 9.17) is 14.2 Å². The number of ether oxygens (including phenoxy) is 3. The molecule has 0 radical (unpaired) electrons. The van der Waals surface area contributed by atoms with Gasteiger partial charge in [-0.05, 0) is 93.3 Å². The maximum Gasteiger partial charge on any atom is 0.310 e. The van der Waals surface area contributed by atoms with Crippen molar-refractivity contribution in [3.05, 3.63) is 156 Å². The van der Waals surface area contributed by atoms with Crippen molar-refractivity contribution in [2.45, 2.75) is 85.0 Å². The number of benzene rings is 5. The van der Waals surface area contributed by atoms with Crippen molar-refractivity contribution in [3.63, 3.8) is 0 Å². The van der Waals surface area contributed by atoms with Gasteiger partial charge in [0.05, 0.1) is 24.7 Å². The third kappa shape index (κ3) is 15.9. The molecule has 57 heavy (non-hydrogen) atoms. The van der Waals surface area contributed by atoms with Crippen LogP contribution in [-0.4, -0.2) is 40.2 Å². The molecule has 0 fully saturated rings. The molecule has 0 aliphatic carbocycles. The lowest BCUT2D eigenvalue weighted by Crippen LogP contribution is -2.29. The molecule has 298 valence electrons. The molecule has 8 heteroatoms. The van der Waals surface area contributed by atoms with Crippen LogP contribution in [-0.2, 0) is 52.8 Å². The van der Waals surface area contributed by atoms with Crippen LogP contribution >= 0.6 is 0 Å². The molecular weight excluding hydrogens is 717 g/mol. The van der Waals surface area contributed by atoms with Gasteiger partial charge in [-0.15, -0.1) is 0 Å². The van der Waals surface area contributed by atoms with Gasteiger partial charge in [0, 0.05) is 0 Å². The van der Waals surface area contributed by atoms with E-state index < -0.39 is 46.9 Å². The summed E-state index contributed by atoms with van der Waals surface area (Å²) in [4.78, 5) is 48.7. The molecule has 2 unspecified atom stereocenters. The number of rotatable bonds is 14. The summed E-state index contributed by atoms with van der Waals surface area (Å²) in [5.74, 6) is -3.68. The van der Waals surface area contributed by atoms with Crippen molar-refractivity contribution in [1.29, 1.82) is 0 Å². The molecule has 0 bridgehead atoms. The standard InChI is InChI=1S/C28H30O4.C21H24O4/c1-28(2,3)32-26(29)19-25(27(30)31-20-22-10-6-4-7-11-22)18-21-14-16-24(17-15-21)23-12-8-5-9-13-23;1-21(2,3)25-19(22)14-18(20(23)24)13-15-9-11-17(12-10-15)16-7-5-4-6-8-16/h4-17,25H,18-20H2,1-3H3;4-12,18H,13-14H2,1-3H3,(H,23,24). The molecule has 0 spiro atoms. The minimum atomic E-state index is -0.988. The van der Waals surface area contributed by atoms with Crippen LogP contribution in [0.15, 0.2) is 140 Å². The van der Waals surface area contributed by atoms with Crippen molar-refractivity contribution < 1.29 is 38.5 Å². The van der Waals surface area contributed by atoms with Gasteiger partial charge in [-0.2, -0.15) is 0 Å². The van der Waals surface area contributed by atoms with Gasteiger partial charge < -0.3 is 19.3 Å². The highest BCUT2D eigenvalue weighted by Crippen LogP contribution is 2.24. The van der Waals surface area contributed by atoms with Gasteiger partial charge in [-0.1, -0.05) is 140 Å². The van der Waals surface area contributed by atoms with E-state index in [2.05, 4.69) is 12.1 Å². The predicted octanol–water partition coefficient (Wildman–Crippen LogP) is 10.3. The third-order valence-corrected chi connectivity index (χ3v) is 8.66. The Bertz CT molecular complexity index is 2010. The molecule has 0 aromatic heterocycles. The van der Waals surface area contributed by atoms with Gasteiger partial charge in [0.1, 0.15) is 17.8 Å². The Labute approximate surface area is 336 Å². The fourth-order valence-corrected chi connectivity index (χ4v) is 6.00. The molecule has 0 amide bonds. The molecule has 5 aromatic rings. The molecule has 0 aliphatic rings. The molecule has 0 aliphatic heterocycles. The average molecular weight is 771 g/mol. The Morgan fingerprint density at radius 2 is 0.825 bits per heavy atom. The molecule has 0 heterocycles. The first-order chi connectivity index (χ1) is 27.0. The summed E-state index contributed by atoms with van der Waals surface area (Å²) in [6.45, 7) is 10.9. The maximum atomic E-state index is 12.9. The highest BCUT2D eigenvalue weighted by atomic mass is 16.6. The summed E-state index contributed by atoms with van der Waals surface area (Å²) in [6, 6.07) is 45.4. The first-order valence-corrected chi connectivity index (χ1v) is 19.2. The lowest BCUT2D eigenvalue weighted by Gasteiger charge is -2.22. The molecule has 0 saturated carbocycles. The Hall–Kier alpha value is -6.02. The van der Waals surface area contributed by atoms with E-state index in [1.165, 1.54) is 0 Å². The van der Waals surface area contributed by atoms with E-state index in [1.54, 1.807) is 20.8 Å². The largest absolute Gasteiger partial charge is 0.481 e. The van der Waals surface area contributed by atoms with E-state index in [-0.39, 0.29) is 19.4 Å². The SMILES string of the molecule is CC(C)(C)OC(=O)CC(Cc1ccc(-c2ccccc2)cc1)C(=O)O.CC(C)(C)OC(=O)CC(Cc1ccc(-c2ccccc2)cc1)C(=O)OCc1ccccc1. The first kappa shape index (κ1) is 43.7. The van der Waals surface area contributed by atoms with Crippen molar-refractivity contribution in [1.82, 2.24) is 0 Å². The summed E-state index contributed by atoms with van der Waals surface area (Å²) in [5.41, 5.74) is 5.96. The lowest BCUT2D eigenvalue weighted by atomic mass is 9.94. The zero-order valence-electron chi connectivity index (χ0n) is 33.8. The number of carbonyl (C=O) groups is 4. The quantitative estimate of drug-likeness (QED) is 0.0876. The van der Waals surface area contributed by atoms with Gasteiger partial charge >= 0.3 is 23.9 Å². The molecule has 2 atom stereocenters. The van der Waals surface area contributed by atoms with Crippen LogP contribution in [0.3, 0.4) is 0 Å². The number of aliphatic carboxylic acids is 1. The van der Waals surface area contributed by atoms with Crippen LogP contribution < -0.4 is 0 Å². The normalized spacial score (nSPS) is 12.2. The third-order valence-electron chi connectivity index (χ3n) is 8.66. The van der Waals surface area contributed by atoms with E-state index in [0.29, 0.717) is 12.8 Å². The molecule has 0 saturated heterocycles. The maximum absolute atomic E-state index is 12.9. The Morgan fingerprint density at radius 1 is 0.474 bits per heavy atom. The van der Waals surface area contributed by atoms with Crippen LogP contribution in [0.5, 0.6) is 0 Å². The number of hydrogen-bond acceptors (Lipinski definition) is 7. The minimum absolute atomic E-state index is 0.0225. The second-order valence-corrected chi connectivity index (χ2v) is 15.9. The zero-order chi connectivity index (χ0) is 41.4. The summed E-state index contributed by atoms with van der Waals surface area (Å²) in [6.07, 6.45) is 0.546. The Balaban J connectivity index is 0.000000261. The number of esters is 3. The topological polar surface area (TPSA) is 116 Å². The van der Waals surface area contributed by atoms with Gasteiger partial charge in [0.25, 0.3) is 0 Å². The number of carboxylic acid groups (broad SMARTS) is 1. The second kappa shape index (κ2) is 20.8. The number of carboxylic acids is 1. The average Bonchev–Trinajstić information content (AvgIpc) is 3.17. The van der Waals surface area contributed by atoms with Crippen LogP contribution in [0.25, 0.3) is 22.3 Å². The second-order valence-electron chi connectivity index (χ2n) is 15.9. The first-order valence-electron chi connectivity index (χ1n) is 19.2.